The molecule has 1 saturated carbocycles. The lowest BCUT2D eigenvalue weighted by atomic mass is 10.1. The van der Waals surface area contributed by atoms with Crippen molar-refractivity contribution in [2.24, 2.45) is 0 Å². The molecule has 1 aliphatic carbocycles. The first-order valence-electron chi connectivity index (χ1n) is 7.43. The van der Waals surface area contributed by atoms with Crippen LogP contribution in [0, 0.1) is 0 Å². The SMILES string of the molecule is COc1ccccc1C1NC(C)C(=O)N1C1CCCC1. The van der Waals surface area contributed by atoms with Crippen molar-refractivity contribution >= 4 is 5.91 Å². The van der Waals surface area contributed by atoms with Crippen LogP contribution in [0.25, 0.3) is 0 Å². The molecule has 0 radical (unpaired) electrons. The van der Waals surface area contributed by atoms with Crippen molar-refractivity contribution in [3.8, 4) is 5.75 Å². The van der Waals surface area contributed by atoms with Gasteiger partial charge in [-0.2, -0.15) is 0 Å². The summed E-state index contributed by atoms with van der Waals surface area (Å²) in [5.41, 5.74) is 1.06. The minimum atomic E-state index is -0.120. The van der Waals surface area contributed by atoms with Crippen LogP contribution in [-0.4, -0.2) is 30.0 Å². The smallest absolute Gasteiger partial charge is 0.241 e. The number of para-hydroxylation sites is 1. The van der Waals surface area contributed by atoms with Crippen LogP contribution in [-0.2, 0) is 4.79 Å². The average molecular weight is 274 g/mol. The molecule has 2 aliphatic rings. The lowest BCUT2D eigenvalue weighted by molar-refractivity contribution is -0.132. The van der Waals surface area contributed by atoms with Crippen molar-refractivity contribution in [3.05, 3.63) is 29.8 Å². The Morgan fingerprint density at radius 1 is 1.25 bits per heavy atom. The number of methoxy groups -OCH3 is 1. The molecule has 1 aliphatic heterocycles. The summed E-state index contributed by atoms with van der Waals surface area (Å²) in [6.45, 7) is 1.94. The fraction of sp³-hybridized carbons (Fsp3) is 0.562. The molecule has 1 aromatic carbocycles. The summed E-state index contributed by atoms with van der Waals surface area (Å²) in [4.78, 5) is 14.5. The first-order chi connectivity index (χ1) is 9.72. The van der Waals surface area contributed by atoms with E-state index in [9.17, 15) is 4.79 Å². The summed E-state index contributed by atoms with van der Waals surface area (Å²) in [6, 6.07) is 8.21. The summed E-state index contributed by atoms with van der Waals surface area (Å²) in [6.07, 6.45) is 4.62. The minimum absolute atomic E-state index is 0.0586. The van der Waals surface area contributed by atoms with Gasteiger partial charge < -0.3 is 9.64 Å². The Morgan fingerprint density at radius 3 is 2.65 bits per heavy atom. The second-order valence-electron chi connectivity index (χ2n) is 5.72. The van der Waals surface area contributed by atoms with E-state index < -0.39 is 0 Å². The van der Waals surface area contributed by atoms with Crippen LogP contribution >= 0.6 is 0 Å². The van der Waals surface area contributed by atoms with Crippen LogP contribution < -0.4 is 10.1 Å². The predicted octanol–water partition coefficient (Wildman–Crippen LogP) is 2.46. The number of nitrogens with zero attached hydrogens (tertiary/aromatic N) is 1. The van der Waals surface area contributed by atoms with Crippen LogP contribution in [0.15, 0.2) is 24.3 Å². The van der Waals surface area contributed by atoms with Crippen molar-refractivity contribution in [2.75, 3.05) is 7.11 Å². The molecule has 1 aromatic rings. The van der Waals surface area contributed by atoms with Gasteiger partial charge in [0.1, 0.15) is 11.9 Å². The third kappa shape index (κ3) is 2.18. The fourth-order valence-corrected chi connectivity index (χ4v) is 3.44. The van der Waals surface area contributed by atoms with Gasteiger partial charge in [0.05, 0.1) is 13.2 Å². The predicted molar refractivity (Wildman–Crippen MR) is 77.4 cm³/mol. The van der Waals surface area contributed by atoms with Gasteiger partial charge in [0, 0.05) is 11.6 Å². The maximum atomic E-state index is 12.5. The largest absolute Gasteiger partial charge is 0.496 e. The van der Waals surface area contributed by atoms with Crippen LogP contribution in [0.1, 0.15) is 44.3 Å². The third-order valence-corrected chi connectivity index (χ3v) is 4.46. The third-order valence-electron chi connectivity index (χ3n) is 4.46. The molecular formula is C16H22N2O2. The van der Waals surface area contributed by atoms with Gasteiger partial charge in [0.25, 0.3) is 0 Å². The van der Waals surface area contributed by atoms with Crippen LogP contribution in [0.2, 0.25) is 0 Å². The number of nitrogens with one attached hydrogen (secondary N) is 1. The van der Waals surface area contributed by atoms with Gasteiger partial charge >= 0.3 is 0 Å². The van der Waals surface area contributed by atoms with E-state index in [0.29, 0.717) is 6.04 Å². The maximum absolute atomic E-state index is 12.5. The number of hydrogen-bond donors (Lipinski definition) is 1. The molecule has 0 bridgehead atoms. The van der Waals surface area contributed by atoms with E-state index >= 15 is 0 Å². The molecule has 1 saturated heterocycles. The highest BCUT2D eigenvalue weighted by atomic mass is 16.5. The molecule has 0 spiro atoms. The van der Waals surface area contributed by atoms with Gasteiger partial charge in [-0.25, -0.2) is 0 Å². The number of amides is 1. The Labute approximate surface area is 120 Å². The first kappa shape index (κ1) is 13.4. The van der Waals surface area contributed by atoms with Gasteiger partial charge in [-0.3, -0.25) is 10.1 Å². The number of rotatable bonds is 3. The Kier molecular flexibility index (Phi) is 3.66. The Morgan fingerprint density at radius 2 is 1.95 bits per heavy atom. The Balaban J connectivity index is 1.95. The van der Waals surface area contributed by atoms with Crippen molar-refractivity contribution in [1.29, 1.82) is 0 Å². The standard InChI is InChI=1S/C16H22N2O2/c1-11-16(19)18(12-7-3-4-8-12)15(17-11)13-9-5-6-10-14(13)20-2/h5-6,9-12,15,17H,3-4,7-8H2,1-2H3. The molecule has 1 amide bonds. The molecule has 4 heteroatoms. The summed E-state index contributed by atoms with van der Waals surface area (Å²) in [5.74, 6) is 1.06. The second-order valence-corrected chi connectivity index (χ2v) is 5.72. The first-order valence-corrected chi connectivity index (χ1v) is 7.43. The lowest BCUT2D eigenvalue weighted by Crippen LogP contribution is -2.38. The van der Waals surface area contributed by atoms with Crippen LogP contribution in [0.3, 0.4) is 0 Å². The number of benzene rings is 1. The number of ether oxygens (including phenoxy) is 1. The van der Waals surface area contributed by atoms with E-state index in [2.05, 4.69) is 10.2 Å². The zero-order valence-electron chi connectivity index (χ0n) is 12.1. The fourth-order valence-electron chi connectivity index (χ4n) is 3.44. The summed E-state index contributed by atoms with van der Waals surface area (Å²) < 4.78 is 5.46. The van der Waals surface area contributed by atoms with Crippen molar-refractivity contribution < 1.29 is 9.53 Å². The highest BCUT2D eigenvalue weighted by Crippen LogP contribution is 2.37. The van der Waals surface area contributed by atoms with E-state index in [1.165, 1.54) is 12.8 Å². The quantitative estimate of drug-likeness (QED) is 0.920. The van der Waals surface area contributed by atoms with Crippen molar-refractivity contribution in [2.45, 2.75) is 50.9 Å². The normalized spacial score (nSPS) is 27.3. The van der Waals surface area contributed by atoms with Crippen LogP contribution in [0.5, 0.6) is 5.75 Å². The average Bonchev–Trinajstić information content (AvgIpc) is 3.08. The topological polar surface area (TPSA) is 41.6 Å². The minimum Gasteiger partial charge on any atom is -0.496 e. The van der Waals surface area contributed by atoms with E-state index in [1.807, 2.05) is 31.2 Å². The van der Waals surface area contributed by atoms with Gasteiger partial charge in [-0.1, -0.05) is 31.0 Å². The van der Waals surface area contributed by atoms with Crippen molar-refractivity contribution in [1.82, 2.24) is 10.2 Å². The van der Waals surface area contributed by atoms with E-state index in [1.54, 1.807) is 7.11 Å². The summed E-state index contributed by atoms with van der Waals surface area (Å²) >= 11 is 0. The molecule has 4 nitrogen and oxygen atoms in total. The number of hydrogen-bond acceptors (Lipinski definition) is 3. The lowest BCUT2D eigenvalue weighted by Gasteiger charge is -2.31. The van der Waals surface area contributed by atoms with E-state index in [-0.39, 0.29) is 18.1 Å². The molecule has 2 atom stereocenters. The summed E-state index contributed by atoms with van der Waals surface area (Å²) in [7, 11) is 1.68. The molecule has 20 heavy (non-hydrogen) atoms. The Hall–Kier alpha value is -1.55. The molecule has 2 fully saturated rings. The molecule has 3 rings (SSSR count). The van der Waals surface area contributed by atoms with Crippen molar-refractivity contribution in [3.63, 3.8) is 0 Å². The van der Waals surface area contributed by atoms with E-state index in [0.717, 1.165) is 24.2 Å². The van der Waals surface area contributed by atoms with Gasteiger partial charge in [-0.15, -0.1) is 0 Å². The Bertz CT molecular complexity index is 497. The molecule has 0 aromatic heterocycles. The van der Waals surface area contributed by atoms with Gasteiger partial charge in [0.15, 0.2) is 0 Å². The number of carbonyl (C=O) groups is 1. The zero-order chi connectivity index (χ0) is 14.1. The molecule has 2 unspecified atom stereocenters. The molecule has 1 heterocycles. The summed E-state index contributed by atoms with van der Waals surface area (Å²) in [5, 5.41) is 3.42. The van der Waals surface area contributed by atoms with Gasteiger partial charge in [0.2, 0.25) is 5.91 Å². The molecule has 108 valence electrons. The number of carbonyl (C=O) groups excluding carboxylic acids is 1. The molecule has 1 N–H and O–H groups in total. The van der Waals surface area contributed by atoms with Gasteiger partial charge in [-0.05, 0) is 25.8 Å². The highest BCUT2D eigenvalue weighted by Gasteiger charge is 2.42. The maximum Gasteiger partial charge on any atom is 0.241 e. The second kappa shape index (κ2) is 5.44. The zero-order valence-corrected chi connectivity index (χ0v) is 12.1. The highest BCUT2D eigenvalue weighted by molar-refractivity contribution is 5.84. The monoisotopic (exact) mass is 274 g/mol. The van der Waals surface area contributed by atoms with E-state index in [4.69, 9.17) is 4.74 Å². The van der Waals surface area contributed by atoms with Crippen LogP contribution in [0.4, 0.5) is 0 Å². The molecular weight excluding hydrogens is 252 g/mol.